The van der Waals surface area contributed by atoms with Crippen LogP contribution in [0.15, 0.2) is 42.6 Å². The average Bonchev–Trinajstić information content (AvgIpc) is 2.62. The summed E-state index contributed by atoms with van der Waals surface area (Å²) in [5, 5.41) is 9.62. The summed E-state index contributed by atoms with van der Waals surface area (Å²) in [4.78, 5) is 22.5. The zero-order valence-electron chi connectivity index (χ0n) is 13.3. The molecule has 1 N–H and O–H groups in total. The molecule has 0 saturated carbocycles. The SMILES string of the molecule is CC[C@H](CO)N(Cc1ccccc1)C(=O)c1ccnc(OC)n1. The number of ether oxygens (including phenoxy) is 1. The smallest absolute Gasteiger partial charge is 0.316 e. The van der Waals surface area contributed by atoms with E-state index in [2.05, 4.69) is 9.97 Å². The molecule has 23 heavy (non-hydrogen) atoms. The fraction of sp³-hybridized carbons (Fsp3) is 0.353. The monoisotopic (exact) mass is 315 g/mol. The topological polar surface area (TPSA) is 75.5 Å². The molecule has 6 nitrogen and oxygen atoms in total. The molecular formula is C17H21N3O3. The Morgan fingerprint density at radius 3 is 2.65 bits per heavy atom. The van der Waals surface area contributed by atoms with E-state index in [1.165, 1.54) is 13.3 Å². The van der Waals surface area contributed by atoms with Crippen molar-refractivity contribution in [1.82, 2.24) is 14.9 Å². The van der Waals surface area contributed by atoms with E-state index < -0.39 is 0 Å². The summed E-state index contributed by atoms with van der Waals surface area (Å²) in [5.41, 5.74) is 1.24. The zero-order chi connectivity index (χ0) is 16.7. The lowest BCUT2D eigenvalue weighted by atomic mass is 10.1. The van der Waals surface area contributed by atoms with Gasteiger partial charge in [0.05, 0.1) is 19.8 Å². The molecule has 1 atom stereocenters. The maximum atomic E-state index is 12.8. The van der Waals surface area contributed by atoms with Crippen molar-refractivity contribution in [2.75, 3.05) is 13.7 Å². The number of aromatic nitrogens is 2. The van der Waals surface area contributed by atoms with Gasteiger partial charge in [0, 0.05) is 12.7 Å². The first-order valence-corrected chi connectivity index (χ1v) is 7.52. The van der Waals surface area contributed by atoms with Crippen LogP contribution in [0, 0.1) is 0 Å². The van der Waals surface area contributed by atoms with Crippen LogP contribution in [0.1, 0.15) is 29.4 Å². The van der Waals surface area contributed by atoms with Crippen LogP contribution >= 0.6 is 0 Å². The number of nitrogens with zero attached hydrogens (tertiary/aromatic N) is 3. The van der Waals surface area contributed by atoms with Crippen LogP contribution in [0.5, 0.6) is 6.01 Å². The molecule has 0 aliphatic rings. The molecule has 0 aliphatic carbocycles. The van der Waals surface area contributed by atoms with E-state index in [1.54, 1.807) is 11.0 Å². The number of amides is 1. The van der Waals surface area contributed by atoms with Crippen molar-refractivity contribution in [3.63, 3.8) is 0 Å². The molecule has 0 spiro atoms. The zero-order valence-corrected chi connectivity index (χ0v) is 13.3. The van der Waals surface area contributed by atoms with Gasteiger partial charge in [0.1, 0.15) is 5.69 Å². The van der Waals surface area contributed by atoms with Crippen LogP contribution in [0.2, 0.25) is 0 Å². The molecule has 1 aromatic heterocycles. The highest BCUT2D eigenvalue weighted by atomic mass is 16.5. The summed E-state index contributed by atoms with van der Waals surface area (Å²) >= 11 is 0. The summed E-state index contributed by atoms with van der Waals surface area (Å²) in [6.45, 7) is 2.25. The number of rotatable bonds is 7. The third-order valence-electron chi connectivity index (χ3n) is 3.61. The maximum absolute atomic E-state index is 12.8. The Balaban J connectivity index is 2.30. The summed E-state index contributed by atoms with van der Waals surface area (Å²) in [6, 6.07) is 11.1. The normalized spacial score (nSPS) is 11.8. The Hall–Kier alpha value is -2.47. The number of aliphatic hydroxyl groups excluding tert-OH is 1. The molecule has 0 fully saturated rings. The Bertz CT molecular complexity index is 630. The molecule has 6 heteroatoms. The molecule has 1 aromatic carbocycles. The summed E-state index contributed by atoms with van der Waals surface area (Å²) in [7, 11) is 1.45. The average molecular weight is 315 g/mol. The molecule has 0 bridgehead atoms. The first-order valence-electron chi connectivity index (χ1n) is 7.52. The lowest BCUT2D eigenvalue weighted by Gasteiger charge is -2.29. The van der Waals surface area contributed by atoms with Crippen molar-refractivity contribution in [1.29, 1.82) is 0 Å². The van der Waals surface area contributed by atoms with E-state index in [-0.39, 0.29) is 30.3 Å². The van der Waals surface area contributed by atoms with Gasteiger partial charge in [-0.2, -0.15) is 4.98 Å². The minimum atomic E-state index is -0.274. The van der Waals surface area contributed by atoms with Gasteiger partial charge >= 0.3 is 6.01 Å². The second-order valence-corrected chi connectivity index (χ2v) is 5.09. The Morgan fingerprint density at radius 1 is 1.30 bits per heavy atom. The number of hydrogen-bond acceptors (Lipinski definition) is 5. The third kappa shape index (κ3) is 4.26. The van der Waals surface area contributed by atoms with Gasteiger partial charge in [-0.3, -0.25) is 4.79 Å². The van der Waals surface area contributed by atoms with Gasteiger partial charge in [-0.1, -0.05) is 37.3 Å². The summed E-state index contributed by atoms with van der Waals surface area (Å²) < 4.78 is 4.97. The van der Waals surface area contributed by atoms with Crippen LogP contribution in [-0.2, 0) is 6.54 Å². The van der Waals surface area contributed by atoms with Gasteiger partial charge in [0.2, 0.25) is 0 Å². The Morgan fingerprint density at radius 2 is 2.04 bits per heavy atom. The van der Waals surface area contributed by atoms with E-state index >= 15 is 0 Å². The van der Waals surface area contributed by atoms with Gasteiger partial charge in [-0.25, -0.2) is 4.98 Å². The number of carbonyl (C=O) groups is 1. The van der Waals surface area contributed by atoms with Gasteiger partial charge in [-0.05, 0) is 18.1 Å². The molecule has 2 rings (SSSR count). The summed E-state index contributed by atoms with van der Waals surface area (Å²) in [5.74, 6) is -0.254. The standard InChI is InChI=1S/C17H21N3O3/c1-3-14(12-21)20(11-13-7-5-4-6-8-13)16(22)15-9-10-18-17(19-15)23-2/h4-10,14,21H,3,11-12H2,1-2H3/t14-/m1/s1. The fourth-order valence-electron chi connectivity index (χ4n) is 2.30. The highest BCUT2D eigenvalue weighted by Crippen LogP contribution is 2.15. The number of hydrogen-bond donors (Lipinski definition) is 1. The second-order valence-electron chi connectivity index (χ2n) is 5.09. The number of benzene rings is 1. The van der Waals surface area contributed by atoms with E-state index in [0.717, 1.165) is 5.56 Å². The predicted molar refractivity (Wildman–Crippen MR) is 86.1 cm³/mol. The predicted octanol–water partition coefficient (Wildman–Crippen LogP) is 1.90. The fourth-order valence-corrected chi connectivity index (χ4v) is 2.30. The van der Waals surface area contributed by atoms with Crippen LogP contribution in [0.3, 0.4) is 0 Å². The molecule has 0 unspecified atom stereocenters. The molecule has 122 valence electrons. The van der Waals surface area contributed by atoms with Gasteiger partial charge < -0.3 is 14.7 Å². The van der Waals surface area contributed by atoms with Crippen LogP contribution < -0.4 is 4.74 Å². The second kappa shape index (κ2) is 8.24. The van der Waals surface area contributed by atoms with Crippen LogP contribution in [0.4, 0.5) is 0 Å². The number of aliphatic hydroxyl groups is 1. The van der Waals surface area contributed by atoms with Crippen molar-refractivity contribution in [3.05, 3.63) is 53.9 Å². The number of carbonyl (C=O) groups excluding carboxylic acids is 1. The van der Waals surface area contributed by atoms with Gasteiger partial charge in [0.15, 0.2) is 0 Å². The van der Waals surface area contributed by atoms with Crippen molar-refractivity contribution in [2.45, 2.75) is 25.9 Å². The molecule has 0 radical (unpaired) electrons. The molecule has 0 aliphatic heterocycles. The highest BCUT2D eigenvalue weighted by molar-refractivity contribution is 5.92. The molecule has 1 heterocycles. The van der Waals surface area contributed by atoms with Gasteiger partial charge in [0.25, 0.3) is 5.91 Å². The quantitative estimate of drug-likeness (QED) is 0.844. The van der Waals surface area contributed by atoms with E-state index in [4.69, 9.17) is 4.74 Å². The Kier molecular flexibility index (Phi) is 6.05. The summed E-state index contributed by atoms with van der Waals surface area (Å²) in [6.07, 6.45) is 2.14. The van der Waals surface area contributed by atoms with E-state index in [0.29, 0.717) is 13.0 Å². The molecule has 0 saturated heterocycles. The lowest BCUT2D eigenvalue weighted by molar-refractivity contribution is 0.0556. The lowest BCUT2D eigenvalue weighted by Crippen LogP contribution is -2.42. The van der Waals surface area contributed by atoms with Crippen LogP contribution in [-0.4, -0.2) is 45.6 Å². The van der Waals surface area contributed by atoms with Gasteiger partial charge in [-0.15, -0.1) is 0 Å². The Labute approximate surface area is 135 Å². The highest BCUT2D eigenvalue weighted by Gasteiger charge is 2.24. The molecule has 2 aromatic rings. The first kappa shape index (κ1) is 16.9. The van der Waals surface area contributed by atoms with E-state index in [1.807, 2.05) is 37.3 Å². The molecular weight excluding hydrogens is 294 g/mol. The van der Waals surface area contributed by atoms with Crippen molar-refractivity contribution in [2.24, 2.45) is 0 Å². The van der Waals surface area contributed by atoms with Crippen molar-refractivity contribution < 1.29 is 14.6 Å². The largest absolute Gasteiger partial charge is 0.467 e. The van der Waals surface area contributed by atoms with Crippen LogP contribution in [0.25, 0.3) is 0 Å². The maximum Gasteiger partial charge on any atom is 0.316 e. The van der Waals surface area contributed by atoms with Crippen molar-refractivity contribution in [3.8, 4) is 6.01 Å². The minimum absolute atomic E-state index is 0.0999. The van der Waals surface area contributed by atoms with Crippen molar-refractivity contribution >= 4 is 5.91 Å². The third-order valence-corrected chi connectivity index (χ3v) is 3.61. The number of methoxy groups -OCH3 is 1. The first-order chi connectivity index (χ1) is 11.2. The van der Waals surface area contributed by atoms with E-state index in [9.17, 15) is 9.90 Å². The minimum Gasteiger partial charge on any atom is -0.467 e. The molecule has 1 amide bonds.